The third kappa shape index (κ3) is 1.78. The molecular formula is C12H19N3S. The summed E-state index contributed by atoms with van der Waals surface area (Å²) in [5, 5.41) is 4.49. The van der Waals surface area contributed by atoms with Crippen molar-refractivity contribution in [3.05, 3.63) is 18.0 Å². The quantitative estimate of drug-likeness (QED) is 0.744. The van der Waals surface area contributed by atoms with E-state index in [0.29, 0.717) is 5.41 Å². The number of rotatable bonds is 1. The van der Waals surface area contributed by atoms with E-state index in [9.17, 15) is 0 Å². The molecule has 2 aliphatic heterocycles. The first kappa shape index (κ1) is 10.7. The largest absolute Gasteiger partial charge is 0.297 e. The summed E-state index contributed by atoms with van der Waals surface area (Å²) in [5.41, 5.74) is 1.87. The SMILES string of the molecule is CCN1Cc2ccnn2CC2(CCSC2)C1. The Morgan fingerprint density at radius 2 is 2.44 bits per heavy atom. The van der Waals surface area contributed by atoms with Crippen molar-refractivity contribution in [2.75, 3.05) is 24.6 Å². The molecule has 2 aliphatic rings. The van der Waals surface area contributed by atoms with Crippen LogP contribution in [0.3, 0.4) is 0 Å². The van der Waals surface area contributed by atoms with Gasteiger partial charge in [-0.2, -0.15) is 16.9 Å². The van der Waals surface area contributed by atoms with E-state index in [1.807, 2.05) is 6.20 Å². The second-order valence-corrected chi connectivity index (χ2v) is 6.19. The Morgan fingerprint density at radius 3 is 3.19 bits per heavy atom. The van der Waals surface area contributed by atoms with Crippen LogP contribution in [0.5, 0.6) is 0 Å². The third-order valence-corrected chi connectivity index (χ3v) is 5.18. The standard InChI is InChI=1S/C12H19N3S/c1-2-14-7-11-3-5-13-15(11)9-12(8-14)4-6-16-10-12/h3,5H,2,4,6-10H2,1H3. The van der Waals surface area contributed by atoms with Gasteiger partial charge in [-0.15, -0.1) is 0 Å². The molecule has 16 heavy (non-hydrogen) atoms. The molecule has 1 fully saturated rings. The van der Waals surface area contributed by atoms with Gasteiger partial charge < -0.3 is 0 Å². The average molecular weight is 237 g/mol. The molecule has 4 heteroatoms. The van der Waals surface area contributed by atoms with Gasteiger partial charge >= 0.3 is 0 Å². The highest BCUT2D eigenvalue weighted by Gasteiger charge is 2.38. The normalized spacial score (nSPS) is 30.6. The molecule has 3 rings (SSSR count). The predicted molar refractivity (Wildman–Crippen MR) is 67.6 cm³/mol. The van der Waals surface area contributed by atoms with E-state index in [4.69, 9.17) is 0 Å². The smallest absolute Gasteiger partial charge is 0.0524 e. The molecule has 0 saturated carbocycles. The molecule has 1 atom stereocenters. The van der Waals surface area contributed by atoms with Crippen LogP contribution in [-0.4, -0.2) is 39.3 Å². The van der Waals surface area contributed by atoms with Gasteiger partial charge in [-0.25, -0.2) is 0 Å². The van der Waals surface area contributed by atoms with Gasteiger partial charge in [0.1, 0.15) is 0 Å². The van der Waals surface area contributed by atoms with Crippen molar-refractivity contribution in [2.24, 2.45) is 5.41 Å². The zero-order valence-corrected chi connectivity index (χ0v) is 10.7. The summed E-state index contributed by atoms with van der Waals surface area (Å²) >= 11 is 2.11. The van der Waals surface area contributed by atoms with E-state index < -0.39 is 0 Å². The molecule has 1 aromatic heterocycles. The zero-order chi connectivity index (χ0) is 11.0. The van der Waals surface area contributed by atoms with Crippen molar-refractivity contribution in [3.63, 3.8) is 0 Å². The van der Waals surface area contributed by atoms with E-state index in [1.54, 1.807) is 0 Å². The summed E-state index contributed by atoms with van der Waals surface area (Å²) in [6.45, 7) is 6.86. The lowest BCUT2D eigenvalue weighted by atomic mass is 9.87. The number of hydrogen-bond acceptors (Lipinski definition) is 3. The molecule has 88 valence electrons. The maximum Gasteiger partial charge on any atom is 0.0524 e. The van der Waals surface area contributed by atoms with Crippen LogP contribution >= 0.6 is 11.8 Å². The second kappa shape index (κ2) is 4.08. The molecule has 1 spiro atoms. The molecule has 0 N–H and O–H groups in total. The summed E-state index contributed by atoms with van der Waals surface area (Å²) in [6.07, 6.45) is 3.30. The Kier molecular flexibility index (Phi) is 2.72. The number of fused-ring (bicyclic) bond motifs is 1. The summed E-state index contributed by atoms with van der Waals surface area (Å²) < 4.78 is 2.24. The Hall–Kier alpha value is -0.480. The Morgan fingerprint density at radius 1 is 1.50 bits per heavy atom. The van der Waals surface area contributed by atoms with Crippen molar-refractivity contribution in [1.29, 1.82) is 0 Å². The number of hydrogen-bond donors (Lipinski definition) is 0. The fraction of sp³-hybridized carbons (Fsp3) is 0.750. The van der Waals surface area contributed by atoms with Crippen LogP contribution in [0.2, 0.25) is 0 Å². The molecule has 1 saturated heterocycles. The minimum Gasteiger partial charge on any atom is -0.297 e. The Labute approximate surface area is 101 Å². The molecule has 3 heterocycles. The molecule has 0 aromatic carbocycles. The molecule has 0 radical (unpaired) electrons. The third-order valence-electron chi connectivity index (χ3n) is 3.87. The number of nitrogens with zero attached hydrogens (tertiary/aromatic N) is 3. The molecule has 0 amide bonds. The van der Waals surface area contributed by atoms with Crippen LogP contribution < -0.4 is 0 Å². The minimum absolute atomic E-state index is 0.484. The fourth-order valence-corrected chi connectivity index (χ4v) is 4.37. The molecule has 1 unspecified atom stereocenters. The summed E-state index contributed by atoms with van der Waals surface area (Å²) in [7, 11) is 0. The van der Waals surface area contributed by atoms with E-state index in [1.165, 1.54) is 30.2 Å². The topological polar surface area (TPSA) is 21.1 Å². The van der Waals surface area contributed by atoms with Gasteiger partial charge in [0.15, 0.2) is 0 Å². The Balaban J connectivity index is 1.93. The summed E-state index contributed by atoms with van der Waals surface area (Å²) in [4.78, 5) is 2.58. The maximum atomic E-state index is 4.49. The highest BCUT2D eigenvalue weighted by molar-refractivity contribution is 7.99. The van der Waals surface area contributed by atoms with Gasteiger partial charge in [0, 0.05) is 37.0 Å². The summed E-state index contributed by atoms with van der Waals surface area (Å²) in [6, 6.07) is 2.17. The van der Waals surface area contributed by atoms with E-state index >= 15 is 0 Å². The first-order valence-corrected chi connectivity index (χ1v) is 7.28. The molecule has 1 aromatic rings. The molecule has 3 nitrogen and oxygen atoms in total. The number of aromatic nitrogens is 2. The minimum atomic E-state index is 0.484. The predicted octanol–water partition coefficient (Wildman–Crippen LogP) is 1.84. The zero-order valence-electron chi connectivity index (χ0n) is 9.85. The van der Waals surface area contributed by atoms with Crippen LogP contribution in [0, 0.1) is 5.41 Å². The van der Waals surface area contributed by atoms with Crippen LogP contribution in [0.1, 0.15) is 19.0 Å². The van der Waals surface area contributed by atoms with Gasteiger partial charge in [0.05, 0.1) is 5.69 Å². The highest BCUT2D eigenvalue weighted by Crippen LogP contribution is 2.39. The monoisotopic (exact) mass is 237 g/mol. The average Bonchev–Trinajstić information content (AvgIpc) is 2.86. The van der Waals surface area contributed by atoms with E-state index in [2.05, 4.69) is 39.4 Å². The van der Waals surface area contributed by atoms with Crippen molar-refractivity contribution >= 4 is 11.8 Å². The molecule has 0 bridgehead atoms. The molecule has 0 aliphatic carbocycles. The van der Waals surface area contributed by atoms with Gasteiger partial charge in [-0.3, -0.25) is 9.58 Å². The van der Waals surface area contributed by atoms with Crippen LogP contribution in [0.25, 0.3) is 0 Å². The van der Waals surface area contributed by atoms with Crippen LogP contribution in [0.4, 0.5) is 0 Å². The lowest BCUT2D eigenvalue weighted by Crippen LogP contribution is -2.37. The van der Waals surface area contributed by atoms with Gasteiger partial charge in [0.25, 0.3) is 0 Å². The van der Waals surface area contributed by atoms with Crippen molar-refractivity contribution in [3.8, 4) is 0 Å². The van der Waals surface area contributed by atoms with Gasteiger partial charge in [-0.05, 0) is 24.8 Å². The van der Waals surface area contributed by atoms with E-state index in [-0.39, 0.29) is 0 Å². The first-order valence-electron chi connectivity index (χ1n) is 6.12. The van der Waals surface area contributed by atoms with Crippen molar-refractivity contribution in [1.82, 2.24) is 14.7 Å². The van der Waals surface area contributed by atoms with Gasteiger partial charge in [-0.1, -0.05) is 6.92 Å². The maximum absolute atomic E-state index is 4.49. The highest BCUT2D eigenvalue weighted by atomic mass is 32.2. The first-order chi connectivity index (χ1) is 7.81. The fourth-order valence-electron chi connectivity index (χ4n) is 2.89. The van der Waals surface area contributed by atoms with Crippen LogP contribution in [-0.2, 0) is 13.1 Å². The summed E-state index contributed by atoms with van der Waals surface area (Å²) in [5.74, 6) is 2.64. The lowest BCUT2D eigenvalue weighted by molar-refractivity contribution is 0.168. The molecular weight excluding hydrogens is 218 g/mol. The Bertz CT molecular complexity index is 368. The van der Waals surface area contributed by atoms with E-state index in [0.717, 1.165) is 19.6 Å². The number of thioether (sulfide) groups is 1. The van der Waals surface area contributed by atoms with Crippen LogP contribution in [0.15, 0.2) is 12.3 Å². The van der Waals surface area contributed by atoms with Crippen molar-refractivity contribution in [2.45, 2.75) is 26.4 Å². The second-order valence-electron chi connectivity index (χ2n) is 5.09. The van der Waals surface area contributed by atoms with Crippen molar-refractivity contribution < 1.29 is 0 Å². The van der Waals surface area contributed by atoms with Gasteiger partial charge in [0.2, 0.25) is 0 Å². The lowest BCUT2D eigenvalue weighted by Gasteiger charge is -2.31.